The predicted molar refractivity (Wildman–Crippen MR) is 141 cm³/mol. The van der Waals surface area contributed by atoms with Crippen LogP contribution < -0.4 is 18.9 Å². The molecule has 0 unspecified atom stereocenters. The number of aliphatic imine (C=N–C) groups is 1. The van der Waals surface area contributed by atoms with Gasteiger partial charge in [-0.25, -0.2) is 9.79 Å². The monoisotopic (exact) mass is 495 g/mol. The Morgan fingerprint density at radius 3 is 2.03 bits per heavy atom. The lowest BCUT2D eigenvalue weighted by Gasteiger charge is -2.12. The molecular weight excluding hydrogens is 458 g/mol. The summed E-state index contributed by atoms with van der Waals surface area (Å²) >= 11 is 0. The zero-order valence-electron chi connectivity index (χ0n) is 21.8. The highest BCUT2D eigenvalue weighted by Gasteiger charge is 2.24. The van der Waals surface area contributed by atoms with Crippen molar-refractivity contribution in [2.75, 3.05) is 27.9 Å². The molecule has 0 saturated carbocycles. The fourth-order valence-electron chi connectivity index (χ4n) is 3.99. The molecule has 7 heteroatoms. The average Bonchev–Trinajstić information content (AvgIpc) is 3.27. The van der Waals surface area contributed by atoms with Gasteiger partial charge in [0.25, 0.3) is 0 Å². The fraction of sp³-hybridized carbons (Fsp3) is 0.448. The van der Waals surface area contributed by atoms with Gasteiger partial charge in [-0.05, 0) is 54.5 Å². The summed E-state index contributed by atoms with van der Waals surface area (Å²) in [5, 5.41) is 0. The van der Waals surface area contributed by atoms with E-state index in [9.17, 15) is 4.79 Å². The summed E-state index contributed by atoms with van der Waals surface area (Å²) < 4.78 is 27.4. The van der Waals surface area contributed by atoms with E-state index in [1.54, 1.807) is 18.2 Å². The first-order valence-electron chi connectivity index (χ1n) is 12.7. The lowest BCUT2D eigenvalue weighted by molar-refractivity contribution is -0.129. The molecule has 1 aliphatic heterocycles. The van der Waals surface area contributed by atoms with Gasteiger partial charge in [0.15, 0.2) is 17.2 Å². The Bertz CT molecular complexity index is 1030. The lowest BCUT2D eigenvalue weighted by Crippen LogP contribution is -2.05. The van der Waals surface area contributed by atoms with Crippen LogP contribution in [0.3, 0.4) is 0 Å². The van der Waals surface area contributed by atoms with Crippen LogP contribution in [0.1, 0.15) is 69.4 Å². The van der Waals surface area contributed by atoms with Crippen LogP contribution in [0.5, 0.6) is 23.0 Å². The van der Waals surface area contributed by atoms with E-state index in [4.69, 9.17) is 23.7 Å². The van der Waals surface area contributed by atoms with Gasteiger partial charge >= 0.3 is 5.97 Å². The van der Waals surface area contributed by atoms with E-state index in [0.29, 0.717) is 35.0 Å². The Morgan fingerprint density at radius 1 is 0.833 bits per heavy atom. The van der Waals surface area contributed by atoms with Crippen LogP contribution in [0.2, 0.25) is 0 Å². The predicted octanol–water partition coefficient (Wildman–Crippen LogP) is 6.58. The SMILES string of the molecule is CCCCCCCCCCOc1ccc(C2=NC(=Cc3cc(OC)c(OC)c(OC)c3)C(=O)O2)cc1. The molecule has 0 radical (unpaired) electrons. The first kappa shape index (κ1) is 27.1. The molecule has 0 atom stereocenters. The maximum Gasteiger partial charge on any atom is 0.363 e. The summed E-state index contributed by atoms with van der Waals surface area (Å²) in [6, 6.07) is 10.9. The van der Waals surface area contributed by atoms with E-state index < -0.39 is 5.97 Å². The Balaban J connectivity index is 1.57. The second kappa shape index (κ2) is 14.2. The number of hydrogen-bond donors (Lipinski definition) is 0. The maximum absolute atomic E-state index is 12.4. The van der Waals surface area contributed by atoms with E-state index in [2.05, 4.69) is 11.9 Å². The number of ether oxygens (including phenoxy) is 5. The van der Waals surface area contributed by atoms with Crippen LogP contribution in [0.25, 0.3) is 6.08 Å². The Morgan fingerprint density at radius 2 is 1.44 bits per heavy atom. The number of esters is 1. The number of carbonyl (C=O) groups is 1. The second-order valence-corrected chi connectivity index (χ2v) is 8.64. The van der Waals surface area contributed by atoms with Crippen LogP contribution in [0.15, 0.2) is 47.1 Å². The molecule has 2 aromatic rings. The first-order chi connectivity index (χ1) is 17.6. The van der Waals surface area contributed by atoms with Gasteiger partial charge in [0, 0.05) is 5.56 Å². The lowest BCUT2D eigenvalue weighted by atomic mass is 10.1. The Labute approximate surface area is 214 Å². The Hall–Kier alpha value is -3.48. The minimum absolute atomic E-state index is 0.189. The molecule has 36 heavy (non-hydrogen) atoms. The van der Waals surface area contributed by atoms with Gasteiger partial charge in [0.2, 0.25) is 11.6 Å². The molecule has 0 N–H and O–H groups in total. The first-order valence-corrected chi connectivity index (χ1v) is 12.7. The molecule has 0 fully saturated rings. The Kier molecular flexibility index (Phi) is 10.7. The molecule has 194 valence electrons. The molecule has 0 aliphatic carbocycles. The smallest absolute Gasteiger partial charge is 0.363 e. The van der Waals surface area contributed by atoms with Crippen LogP contribution in [-0.2, 0) is 9.53 Å². The minimum atomic E-state index is -0.520. The van der Waals surface area contributed by atoms with Crippen molar-refractivity contribution in [2.45, 2.75) is 58.3 Å². The number of benzene rings is 2. The molecule has 1 heterocycles. The molecule has 0 amide bonds. The summed E-state index contributed by atoms with van der Waals surface area (Å²) in [4.78, 5) is 16.8. The summed E-state index contributed by atoms with van der Waals surface area (Å²) in [5.41, 5.74) is 1.57. The van der Waals surface area contributed by atoms with Crippen LogP contribution in [0.4, 0.5) is 0 Å². The molecule has 2 aromatic carbocycles. The van der Waals surface area contributed by atoms with Gasteiger partial charge < -0.3 is 23.7 Å². The molecular formula is C29H37NO6. The van der Waals surface area contributed by atoms with Crippen molar-refractivity contribution in [3.8, 4) is 23.0 Å². The highest BCUT2D eigenvalue weighted by Crippen LogP contribution is 2.39. The standard InChI is InChI=1S/C29H37NO6/c1-5-6-7-8-9-10-11-12-17-35-23-15-13-22(14-16-23)28-30-24(29(31)36-28)18-21-19-25(32-2)27(34-4)26(20-21)33-3/h13-16,18-20H,5-12,17H2,1-4H3. The molecule has 7 nitrogen and oxygen atoms in total. The van der Waals surface area contributed by atoms with E-state index in [1.807, 2.05) is 24.3 Å². The highest BCUT2D eigenvalue weighted by molar-refractivity contribution is 6.12. The average molecular weight is 496 g/mol. The third kappa shape index (κ3) is 7.51. The van der Waals surface area contributed by atoms with E-state index in [-0.39, 0.29) is 11.6 Å². The normalized spacial score (nSPS) is 13.9. The minimum Gasteiger partial charge on any atom is -0.494 e. The number of hydrogen-bond acceptors (Lipinski definition) is 7. The molecule has 0 saturated heterocycles. The van der Waals surface area contributed by atoms with E-state index in [0.717, 1.165) is 12.2 Å². The number of methoxy groups -OCH3 is 3. The van der Waals surface area contributed by atoms with Gasteiger partial charge in [-0.15, -0.1) is 0 Å². The topological polar surface area (TPSA) is 75.6 Å². The summed E-state index contributed by atoms with van der Waals surface area (Å²) in [7, 11) is 4.62. The number of rotatable bonds is 15. The van der Waals surface area contributed by atoms with Crippen molar-refractivity contribution in [3.63, 3.8) is 0 Å². The quantitative estimate of drug-likeness (QED) is 0.158. The molecule has 1 aliphatic rings. The number of cyclic esters (lactones) is 1. The van der Waals surface area contributed by atoms with Crippen molar-refractivity contribution in [1.29, 1.82) is 0 Å². The van der Waals surface area contributed by atoms with Crippen molar-refractivity contribution in [1.82, 2.24) is 0 Å². The van der Waals surface area contributed by atoms with Crippen molar-refractivity contribution in [3.05, 3.63) is 53.2 Å². The van der Waals surface area contributed by atoms with Crippen molar-refractivity contribution in [2.24, 2.45) is 4.99 Å². The number of unbranched alkanes of at least 4 members (excludes halogenated alkanes) is 7. The van der Waals surface area contributed by atoms with E-state index >= 15 is 0 Å². The van der Waals surface area contributed by atoms with Crippen LogP contribution >= 0.6 is 0 Å². The van der Waals surface area contributed by atoms with Crippen LogP contribution in [-0.4, -0.2) is 39.8 Å². The summed E-state index contributed by atoms with van der Waals surface area (Å²) in [5.74, 6) is 1.98. The second-order valence-electron chi connectivity index (χ2n) is 8.64. The van der Waals surface area contributed by atoms with Gasteiger partial charge in [-0.2, -0.15) is 0 Å². The zero-order valence-corrected chi connectivity index (χ0v) is 21.8. The highest BCUT2D eigenvalue weighted by atomic mass is 16.6. The van der Waals surface area contributed by atoms with Gasteiger partial charge in [-0.3, -0.25) is 0 Å². The van der Waals surface area contributed by atoms with E-state index in [1.165, 1.54) is 66.3 Å². The number of carbonyl (C=O) groups excluding carboxylic acids is 1. The fourth-order valence-corrected chi connectivity index (χ4v) is 3.99. The molecule has 3 rings (SSSR count). The van der Waals surface area contributed by atoms with Gasteiger partial charge in [-0.1, -0.05) is 51.9 Å². The largest absolute Gasteiger partial charge is 0.494 e. The number of nitrogens with zero attached hydrogens (tertiary/aromatic N) is 1. The van der Waals surface area contributed by atoms with Gasteiger partial charge in [0.1, 0.15) is 5.75 Å². The third-order valence-corrected chi connectivity index (χ3v) is 5.98. The van der Waals surface area contributed by atoms with Crippen molar-refractivity contribution < 1.29 is 28.5 Å². The van der Waals surface area contributed by atoms with Gasteiger partial charge in [0.05, 0.1) is 27.9 Å². The molecule has 0 spiro atoms. The summed E-state index contributed by atoms with van der Waals surface area (Å²) in [6.07, 6.45) is 11.8. The molecule has 0 aromatic heterocycles. The maximum atomic E-state index is 12.4. The zero-order chi connectivity index (χ0) is 25.8. The molecule has 0 bridgehead atoms. The van der Waals surface area contributed by atoms with Crippen molar-refractivity contribution >= 4 is 17.9 Å². The summed E-state index contributed by atoms with van der Waals surface area (Å²) in [6.45, 7) is 2.94. The third-order valence-electron chi connectivity index (χ3n) is 5.98. The van der Waals surface area contributed by atoms with Crippen LogP contribution in [0, 0.1) is 0 Å².